The molecule has 1 aliphatic heterocycles. The lowest BCUT2D eigenvalue weighted by Crippen LogP contribution is -2.44. The fourth-order valence-electron chi connectivity index (χ4n) is 4.59. The van der Waals surface area contributed by atoms with Crippen LogP contribution in [0.4, 0.5) is 11.4 Å². The number of anilines is 2. The molecule has 0 radical (unpaired) electrons. The number of carbonyl (C=O) groups excluding carboxylic acids is 1. The van der Waals surface area contributed by atoms with Crippen molar-refractivity contribution >= 4 is 17.3 Å². The maximum atomic E-state index is 12.7. The molecule has 1 aliphatic carbocycles. The molecular weight excluding hydrogens is 358 g/mol. The Balaban J connectivity index is 1.40. The number of nitrogens with one attached hydrogen (secondary N) is 1. The van der Waals surface area contributed by atoms with Gasteiger partial charge in [0, 0.05) is 43.1 Å². The van der Waals surface area contributed by atoms with Crippen molar-refractivity contribution in [2.45, 2.75) is 44.9 Å². The second-order valence-electron chi connectivity index (χ2n) is 8.70. The third kappa shape index (κ3) is 4.81. The van der Waals surface area contributed by atoms with E-state index in [1.807, 2.05) is 18.2 Å². The van der Waals surface area contributed by atoms with E-state index in [2.05, 4.69) is 53.4 Å². The Morgan fingerprint density at radius 3 is 2.28 bits per heavy atom. The van der Waals surface area contributed by atoms with Crippen LogP contribution >= 0.6 is 0 Å². The number of hydrogen-bond donors (Lipinski definition) is 1. The van der Waals surface area contributed by atoms with Gasteiger partial charge in [0.1, 0.15) is 0 Å². The summed E-state index contributed by atoms with van der Waals surface area (Å²) in [5.74, 6) is 0.640. The van der Waals surface area contributed by atoms with Crippen LogP contribution in [0.3, 0.4) is 0 Å². The number of piperazine rings is 1. The highest BCUT2D eigenvalue weighted by molar-refractivity contribution is 6.04. The van der Waals surface area contributed by atoms with Crippen LogP contribution in [0.25, 0.3) is 0 Å². The van der Waals surface area contributed by atoms with E-state index in [0.717, 1.165) is 43.0 Å². The van der Waals surface area contributed by atoms with E-state index in [9.17, 15) is 4.79 Å². The van der Waals surface area contributed by atoms with Crippen molar-refractivity contribution < 1.29 is 4.79 Å². The number of aryl methyl sites for hydroxylation is 1. The topological polar surface area (TPSA) is 35.6 Å². The van der Waals surface area contributed by atoms with Crippen LogP contribution in [0, 0.1) is 6.92 Å². The molecule has 0 aromatic heterocycles. The van der Waals surface area contributed by atoms with Gasteiger partial charge in [-0.3, -0.25) is 4.79 Å². The van der Waals surface area contributed by atoms with Gasteiger partial charge in [-0.1, -0.05) is 31.4 Å². The first-order valence-electron chi connectivity index (χ1n) is 11.1. The Bertz CT molecular complexity index is 832. The zero-order valence-corrected chi connectivity index (χ0v) is 17.8. The molecule has 0 atom stereocenters. The smallest absolute Gasteiger partial charge is 0.255 e. The Labute approximate surface area is 174 Å². The Morgan fingerprint density at radius 1 is 0.931 bits per heavy atom. The lowest BCUT2D eigenvalue weighted by atomic mass is 9.84. The van der Waals surface area contributed by atoms with Crippen LogP contribution in [0.1, 0.15) is 59.5 Å². The molecule has 2 aliphatic rings. The van der Waals surface area contributed by atoms with Crippen LogP contribution in [-0.4, -0.2) is 44.0 Å². The van der Waals surface area contributed by atoms with E-state index in [4.69, 9.17) is 0 Å². The average Bonchev–Trinajstić information content (AvgIpc) is 2.76. The highest BCUT2D eigenvalue weighted by atomic mass is 16.1. The van der Waals surface area contributed by atoms with E-state index in [-0.39, 0.29) is 5.91 Å². The number of carbonyl (C=O) groups is 1. The molecule has 1 amide bonds. The SMILES string of the molecule is Cc1cc(N2CCN(C)CC2)ccc1NC(=O)c1ccc(C2CCCCC2)cc1. The molecule has 29 heavy (non-hydrogen) atoms. The molecule has 0 unspecified atom stereocenters. The molecule has 1 saturated heterocycles. The summed E-state index contributed by atoms with van der Waals surface area (Å²) in [6.45, 7) is 6.36. The van der Waals surface area contributed by atoms with Gasteiger partial charge in [-0.25, -0.2) is 0 Å². The first kappa shape index (κ1) is 20.0. The van der Waals surface area contributed by atoms with Crippen molar-refractivity contribution in [1.82, 2.24) is 4.90 Å². The molecule has 2 fully saturated rings. The molecule has 4 nitrogen and oxygen atoms in total. The first-order chi connectivity index (χ1) is 14.1. The van der Waals surface area contributed by atoms with Crippen LogP contribution in [0.2, 0.25) is 0 Å². The Kier molecular flexibility index (Phi) is 6.19. The number of nitrogens with zero attached hydrogens (tertiary/aromatic N) is 2. The Morgan fingerprint density at radius 2 is 1.62 bits per heavy atom. The van der Waals surface area contributed by atoms with Crippen LogP contribution in [-0.2, 0) is 0 Å². The van der Waals surface area contributed by atoms with Crippen molar-refractivity contribution in [3.8, 4) is 0 Å². The predicted molar refractivity (Wildman–Crippen MR) is 121 cm³/mol. The fourth-order valence-corrected chi connectivity index (χ4v) is 4.59. The summed E-state index contributed by atoms with van der Waals surface area (Å²) in [5.41, 5.74) is 5.35. The molecule has 4 rings (SSSR count). The minimum atomic E-state index is -0.0318. The summed E-state index contributed by atoms with van der Waals surface area (Å²) in [6, 6.07) is 14.6. The quantitative estimate of drug-likeness (QED) is 0.792. The van der Waals surface area contributed by atoms with Crippen LogP contribution in [0.5, 0.6) is 0 Å². The molecule has 0 spiro atoms. The molecule has 1 saturated carbocycles. The van der Waals surface area contributed by atoms with Crippen molar-refractivity contribution in [2.75, 3.05) is 43.4 Å². The maximum Gasteiger partial charge on any atom is 0.255 e. The van der Waals surface area contributed by atoms with Crippen molar-refractivity contribution in [1.29, 1.82) is 0 Å². The van der Waals surface area contributed by atoms with Gasteiger partial charge >= 0.3 is 0 Å². The fraction of sp³-hybridized carbons (Fsp3) is 0.480. The number of rotatable bonds is 4. The molecule has 0 bridgehead atoms. The largest absolute Gasteiger partial charge is 0.369 e. The molecule has 2 aromatic rings. The van der Waals surface area contributed by atoms with Crippen LogP contribution < -0.4 is 10.2 Å². The molecule has 4 heteroatoms. The minimum Gasteiger partial charge on any atom is -0.369 e. The molecule has 1 heterocycles. The lowest BCUT2D eigenvalue weighted by Gasteiger charge is -2.34. The molecule has 2 aromatic carbocycles. The average molecular weight is 392 g/mol. The first-order valence-corrected chi connectivity index (χ1v) is 11.1. The monoisotopic (exact) mass is 391 g/mol. The Hall–Kier alpha value is -2.33. The predicted octanol–water partition coefficient (Wildman–Crippen LogP) is 5.05. The summed E-state index contributed by atoms with van der Waals surface area (Å²) in [4.78, 5) is 17.5. The van der Waals surface area contributed by atoms with Gasteiger partial charge in [0.05, 0.1) is 0 Å². The van der Waals surface area contributed by atoms with E-state index >= 15 is 0 Å². The van der Waals surface area contributed by atoms with Gasteiger partial charge in [0.25, 0.3) is 5.91 Å². The second kappa shape index (κ2) is 9.00. The minimum absolute atomic E-state index is 0.0318. The number of benzene rings is 2. The van der Waals surface area contributed by atoms with Gasteiger partial charge in [0.2, 0.25) is 0 Å². The highest BCUT2D eigenvalue weighted by Gasteiger charge is 2.17. The number of likely N-dealkylation sites (N-methyl/N-ethyl adjacent to an activating group) is 1. The van der Waals surface area contributed by atoms with Gasteiger partial charge in [-0.05, 0) is 74.2 Å². The van der Waals surface area contributed by atoms with Crippen LogP contribution in [0.15, 0.2) is 42.5 Å². The van der Waals surface area contributed by atoms with E-state index in [1.165, 1.54) is 43.4 Å². The van der Waals surface area contributed by atoms with E-state index < -0.39 is 0 Å². The molecular formula is C25H33N3O. The van der Waals surface area contributed by atoms with Crippen molar-refractivity contribution in [3.05, 3.63) is 59.2 Å². The van der Waals surface area contributed by atoms with Gasteiger partial charge in [-0.2, -0.15) is 0 Å². The summed E-state index contributed by atoms with van der Waals surface area (Å²) in [7, 11) is 2.17. The van der Waals surface area contributed by atoms with Gasteiger partial charge < -0.3 is 15.1 Å². The number of amides is 1. The molecule has 154 valence electrons. The molecule has 1 N–H and O–H groups in total. The summed E-state index contributed by atoms with van der Waals surface area (Å²) < 4.78 is 0. The summed E-state index contributed by atoms with van der Waals surface area (Å²) in [5, 5.41) is 3.10. The zero-order chi connectivity index (χ0) is 20.2. The van der Waals surface area contributed by atoms with Crippen molar-refractivity contribution in [2.24, 2.45) is 0 Å². The lowest BCUT2D eigenvalue weighted by molar-refractivity contribution is 0.102. The third-order valence-corrected chi connectivity index (χ3v) is 6.58. The van der Waals surface area contributed by atoms with Crippen molar-refractivity contribution in [3.63, 3.8) is 0 Å². The summed E-state index contributed by atoms with van der Waals surface area (Å²) in [6.07, 6.45) is 6.59. The summed E-state index contributed by atoms with van der Waals surface area (Å²) >= 11 is 0. The van der Waals surface area contributed by atoms with E-state index in [0.29, 0.717) is 5.92 Å². The normalized spacial score (nSPS) is 18.6. The maximum absolute atomic E-state index is 12.7. The second-order valence-corrected chi connectivity index (χ2v) is 8.70. The standard InChI is InChI=1S/C25H33N3O/c1-19-18-23(28-16-14-27(2)15-17-28)12-13-24(19)26-25(29)22-10-8-21(9-11-22)20-6-4-3-5-7-20/h8-13,18,20H,3-7,14-17H2,1-2H3,(H,26,29). The third-order valence-electron chi connectivity index (χ3n) is 6.58. The van der Waals surface area contributed by atoms with Gasteiger partial charge in [0.15, 0.2) is 0 Å². The zero-order valence-electron chi connectivity index (χ0n) is 17.8. The van der Waals surface area contributed by atoms with E-state index in [1.54, 1.807) is 0 Å². The van der Waals surface area contributed by atoms with Gasteiger partial charge in [-0.15, -0.1) is 0 Å². The number of hydrogen-bond acceptors (Lipinski definition) is 3. The highest BCUT2D eigenvalue weighted by Crippen LogP contribution is 2.32.